The molecule has 2 rings (SSSR count). The molecule has 1 aliphatic rings. The predicted octanol–water partition coefficient (Wildman–Crippen LogP) is 0.726. The first-order chi connectivity index (χ1) is 10.1. The molecule has 0 aliphatic carbocycles. The van der Waals surface area contributed by atoms with Gasteiger partial charge in [-0.05, 0) is 42.9 Å². The molecule has 0 saturated carbocycles. The fourth-order valence-corrected chi connectivity index (χ4v) is 2.60. The van der Waals surface area contributed by atoms with Gasteiger partial charge in [0.2, 0.25) is 0 Å². The highest BCUT2D eigenvalue weighted by atomic mass is 32.1. The number of nitrogens with one attached hydrogen (secondary N) is 3. The zero-order chi connectivity index (χ0) is 15.1. The monoisotopic (exact) mass is 312 g/mol. The Bertz CT molecular complexity index is 478. The molecule has 1 heterocycles. The van der Waals surface area contributed by atoms with Crippen LogP contribution >= 0.6 is 12.2 Å². The SMILES string of the molecule is Cc1cc(F)ccc1NC(=S)NCCC[NH+]1CCOCC1. The van der Waals surface area contributed by atoms with Crippen molar-refractivity contribution in [3.8, 4) is 0 Å². The molecule has 0 unspecified atom stereocenters. The molecule has 21 heavy (non-hydrogen) atoms. The maximum atomic E-state index is 13.0. The number of ether oxygens (including phenoxy) is 1. The van der Waals surface area contributed by atoms with E-state index in [1.165, 1.54) is 12.1 Å². The summed E-state index contributed by atoms with van der Waals surface area (Å²) < 4.78 is 18.4. The van der Waals surface area contributed by atoms with E-state index in [0.29, 0.717) is 5.11 Å². The molecule has 4 nitrogen and oxygen atoms in total. The summed E-state index contributed by atoms with van der Waals surface area (Å²) in [5, 5.41) is 6.88. The van der Waals surface area contributed by atoms with E-state index < -0.39 is 0 Å². The van der Waals surface area contributed by atoms with E-state index in [4.69, 9.17) is 17.0 Å². The normalized spacial score (nSPS) is 15.7. The van der Waals surface area contributed by atoms with Crippen LogP contribution in [0.3, 0.4) is 0 Å². The molecule has 1 fully saturated rings. The third-order valence-corrected chi connectivity index (χ3v) is 3.88. The zero-order valence-electron chi connectivity index (χ0n) is 12.4. The molecule has 1 aromatic rings. The highest BCUT2D eigenvalue weighted by Gasteiger charge is 2.12. The number of halogens is 1. The summed E-state index contributed by atoms with van der Waals surface area (Å²) in [5.41, 5.74) is 1.68. The van der Waals surface area contributed by atoms with E-state index in [2.05, 4.69) is 10.6 Å². The maximum absolute atomic E-state index is 13.0. The molecule has 116 valence electrons. The van der Waals surface area contributed by atoms with E-state index in [9.17, 15) is 4.39 Å². The molecular formula is C15H23FN3OS+. The van der Waals surface area contributed by atoms with Crippen molar-refractivity contribution in [1.82, 2.24) is 5.32 Å². The number of hydrogen-bond donors (Lipinski definition) is 3. The van der Waals surface area contributed by atoms with Gasteiger partial charge in [-0.1, -0.05) is 0 Å². The molecule has 1 aliphatic heterocycles. The smallest absolute Gasteiger partial charge is 0.170 e. The molecule has 3 N–H and O–H groups in total. The van der Waals surface area contributed by atoms with Gasteiger partial charge in [0.1, 0.15) is 18.9 Å². The van der Waals surface area contributed by atoms with Crippen molar-refractivity contribution in [3.63, 3.8) is 0 Å². The van der Waals surface area contributed by atoms with Crippen molar-refractivity contribution in [1.29, 1.82) is 0 Å². The first kappa shape index (κ1) is 16.1. The van der Waals surface area contributed by atoms with Gasteiger partial charge in [0.25, 0.3) is 0 Å². The standard InChI is InChI=1S/C15H22FN3OS/c1-12-11-13(16)3-4-14(12)18-15(21)17-5-2-6-19-7-9-20-10-8-19/h3-4,11H,2,5-10H2,1H3,(H2,17,18,21)/p+1. The lowest BCUT2D eigenvalue weighted by Gasteiger charge is -2.23. The van der Waals surface area contributed by atoms with Crippen LogP contribution in [0.4, 0.5) is 10.1 Å². The minimum absolute atomic E-state index is 0.231. The summed E-state index contributed by atoms with van der Waals surface area (Å²) in [4.78, 5) is 1.59. The molecule has 0 amide bonds. The lowest BCUT2D eigenvalue weighted by molar-refractivity contribution is -0.908. The van der Waals surface area contributed by atoms with Gasteiger partial charge in [0.05, 0.1) is 19.8 Å². The van der Waals surface area contributed by atoms with Crippen LogP contribution in [0.5, 0.6) is 0 Å². The number of thiocarbonyl (C=S) groups is 1. The summed E-state index contributed by atoms with van der Waals surface area (Å²) in [6.07, 6.45) is 1.07. The highest BCUT2D eigenvalue weighted by Crippen LogP contribution is 2.15. The van der Waals surface area contributed by atoms with Crippen molar-refractivity contribution in [3.05, 3.63) is 29.6 Å². The Morgan fingerprint density at radius 1 is 1.38 bits per heavy atom. The number of hydrogen-bond acceptors (Lipinski definition) is 2. The van der Waals surface area contributed by atoms with Crippen molar-refractivity contribution < 1.29 is 14.0 Å². The molecule has 0 aromatic heterocycles. The minimum atomic E-state index is -0.231. The molecular weight excluding hydrogens is 289 g/mol. The first-order valence-electron chi connectivity index (χ1n) is 7.37. The largest absolute Gasteiger partial charge is 0.370 e. The Labute approximate surface area is 130 Å². The van der Waals surface area contributed by atoms with Gasteiger partial charge in [0, 0.05) is 18.7 Å². The zero-order valence-corrected chi connectivity index (χ0v) is 13.2. The first-order valence-corrected chi connectivity index (χ1v) is 7.78. The van der Waals surface area contributed by atoms with E-state index >= 15 is 0 Å². The lowest BCUT2D eigenvalue weighted by atomic mass is 10.2. The van der Waals surface area contributed by atoms with Crippen molar-refractivity contribution in [2.24, 2.45) is 0 Å². The number of benzene rings is 1. The van der Waals surface area contributed by atoms with Crippen LogP contribution in [0.25, 0.3) is 0 Å². The third kappa shape index (κ3) is 5.57. The van der Waals surface area contributed by atoms with Crippen molar-refractivity contribution in [2.75, 3.05) is 44.7 Å². The quantitative estimate of drug-likeness (QED) is 0.553. The Morgan fingerprint density at radius 2 is 2.14 bits per heavy atom. The van der Waals surface area contributed by atoms with Crippen LogP contribution in [0.2, 0.25) is 0 Å². The molecule has 0 bridgehead atoms. The fraction of sp³-hybridized carbons (Fsp3) is 0.533. The number of quaternary nitrogens is 1. The number of morpholine rings is 1. The van der Waals surface area contributed by atoms with Gasteiger partial charge >= 0.3 is 0 Å². The van der Waals surface area contributed by atoms with Crippen LogP contribution in [-0.2, 0) is 4.74 Å². The van der Waals surface area contributed by atoms with Gasteiger partial charge < -0.3 is 20.3 Å². The number of anilines is 1. The minimum Gasteiger partial charge on any atom is -0.370 e. The maximum Gasteiger partial charge on any atom is 0.170 e. The van der Waals surface area contributed by atoms with Gasteiger partial charge in [-0.25, -0.2) is 4.39 Å². The van der Waals surface area contributed by atoms with E-state index in [1.54, 1.807) is 11.0 Å². The topological polar surface area (TPSA) is 37.7 Å². The van der Waals surface area contributed by atoms with Crippen LogP contribution in [0.1, 0.15) is 12.0 Å². The number of rotatable bonds is 5. The van der Waals surface area contributed by atoms with Gasteiger partial charge in [-0.2, -0.15) is 0 Å². The average Bonchev–Trinajstić information content (AvgIpc) is 2.48. The van der Waals surface area contributed by atoms with Gasteiger partial charge in [-0.3, -0.25) is 0 Å². The highest BCUT2D eigenvalue weighted by molar-refractivity contribution is 7.80. The Balaban J connectivity index is 1.65. The summed E-state index contributed by atoms with van der Waals surface area (Å²) in [5.74, 6) is -0.231. The van der Waals surface area contributed by atoms with Crippen molar-refractivity contribution in [2.45, 2.75) is 13.3 Å². The second-order valence-corrected chi connectivity index (χ2v) is 5.71. The molecule has 0 atom stereocenters. The van der Waals surface area contributed by atoms with Crippen LogP contribution < -0.4 is 15.5 Å². The van der Waals surface area contributed by atoms with Crippen LogP contribution in [-0.4, -0.2) is 44.5 Å². The molecule has 1 saturated heterocycles. The van der Waals surface area contributed by atoms with E-state index in [0.717, 1.165) is 57.1 Å². The summed E-state index contributed by atoms with van der Waals surface area (Å²) >= 11 is 5.26. The molecule has 1 aromatic carbocycles. The van der Waals surface area contributed by atoms with E-state index in [1.807, 2.05) is 6.92 Å². The predicted molar refractivity (Wildman–Crippen MR) is 86.4 cm³/mol. The molecule has 0 radical (unpaired) electrons. The molecule has 0 spiro atoms. The summed E-state index contributed by atoms with van der Waals surface area (Å²) in [6.45, 7) is 7.76. The van der Waals surface area contributed by atoms with Gasteiger partial charge in [0.15, 0.2) is 5.11 Å². The lowest BCUT2D eigenvalue weighted by Crippen LogP contribution is -3.14. The second-order valence-electron chi connectivity index (χ2n) is 5.31. The van der Waals surface area contributed by atoms with E-state index in [-0.39, 0.29) is 5.82 Å². The Kier molecular flexibility index (Phi) is 6.35. The Morgan fingerprint density at radius 3 is 2.86 bits per heavy atom. The number of aryl methyl sites for hydroxylation is 1. The Hall–Kier alpha value is -1.24. The summed E-state index contributed by atoms with van der Waals surface area (Å²) in [7, 11) is 0. The molecule has 6 heteroatoms. The summed E-state index contributed by atoms with van der Waals surface area (Å²) in [6, 6.07) is 4.63. The second kappa shape index (κ2) is 8.26. The van der Waals surface area contributed by atoms with Crippen LogP contribution in [0, 0.1) is 12.7 Å². The van der Waals surface area contributed by atoms with Crippen LogP contribution in [0.15, 0.2) is 18.2 Å². The van der Waals surface area contributed by atoms with Crippen molar-refractivity contribution >= 4 is 23.0 Å². The average molecular weight is 312 g/mol. The third-order valence-electron chi connectivity index (χ3n) is 3.63. The van der Waals surface area contributed by atoms with Gasteiger partial charge in [-0.15, -0.1) is 0 Å². The fourth-order valence-electron chi connectivity index (χ4n) is 2.38.